The number of rotatable bonds is 5. The maximum Gasteiger partial charge on any atom is 0.296 e. The number of amides is 1. The molecule has 160 valence electrons. The summed E-state index contributed by atoms with van der Waals surface area (Å²) in [6, 6.07) is 18.7. The van der Waals surface area contributed by atoms with Gasteiger partial charge in [-0.25, -0.2) is 4.98 Å². The molecule has 32 heavy (non-hydrogen) atoms. The van der Waals surface area contributed by atoms with Gasteiger partial charge in [0, 0.05) is 16.0 Å². The number of nitro benzene ring substituents is 1. The van der Waals surface area contributed by atoms with Crippen LogP contribution in [-0.4, -0.2) is 22.9 Å². The molecule has 0 radical (unpaired) electrons. The number of nitro groups is 1. The standard InChI is InChI=1S/C24H18ClN3O4/c1-14-22(24(29)27-20-12-11-17(32-2)13-21(20)28(30)31)18-5-3-4-6-19(18)26-23(14)15-7-9-16(25)10-8-15/h3-13H,1-2H3,(H,27,29). The van der Waals surface area contributed by atoms with Gasteiger partial charge in [-0.3, -0.25) is 14.9 Å². The minimum absolute atomic E-state index is 0.0779. The number of methoxy groups -OCH3 is 1. The van der Waals surface area contributed by atoms with Gasteiger partial charge in [-0.2, -0.15) is 0 Å². The molecule has 4 aromatic rings. The third-order valence-electron chi connectivity index (χ3n) is 5.13. The lowest BCUT2D eigenvalue weighted by Crippen LogP contribution is -2.16. The van der Waals surface area contributed by atoms with E-state index in [1.165, 1.54) is 19.2 Å². The molecule has 0 aliphatic heterocycles. The maximum atomic E-state index is 13.4. The number of hydrogen-bond acceptors (Lipinski definition) is 5. The molecular weight excluding hydrogens is 430 g/mol. The number of hydrogen-bond donors (Lipinski definition) is 1. The van der Waals surface area contributed by atoms with Crippen molar-refractivity contribution < 1.29 is 14.5 Å². The molecule has 0 saturated carbocycles. The molecule has 0 unspecified atom stereocenters. The first-order valence-corrected chi connectivity index (χ1v) is 10.1. The van der Waals surface area contributed by atoms with Gasteiger partial charge in [0.25, 0.3) is 11.6 Å². The topological polar surface area (TPSA) is 94.4 Å². The minimum atomic E-state index is -0.561. The number of nitrogens with zero attached hydrogens (tertiary/aromatic N) is 2. The second kappa shape index (κ2) is 8.64. The van der Waals surface area contributed by atoms with E-state index in [0.717, 1.165) is 5.56 Å². The predicted molar refractivity (Wildman–Crippen MR) is 125 cm³/mol. The molecule has 0 saturated heterocycles. The van der Waals surface area contributed by atoms with Crippen LogP contribution in [0.15, 0.2) is 66.7 Å². The van der Waals surface area contributed by atoms with Crippen LogP contribution < -0.4 is 10.1 Å². The van der Waals surface area contributed by atoms with Gasteiger partial charge in [0.15, 0.2) is 0 Å². The number of anilines is 1. The second-order valence-corrected chi connectivity index (χ2v) is 7.52. The normalized spacial score (nSPS) is 10.7. The van der Waals surface area contributed by atoms with E-state index < -0.39 is 10.8 Å². The maximum absolute atomic E-state index is 13.4. The van der Waals surface area contributed by atoms with Crippen LogP contribution in [0.5, 0.6) is 5.75 Å². The van der Waals surface area contributed by atoms with Crippen molar-refractivity contribution in [2.24, 2.45) is 0 Å². The van der Waals surface area contributed by atoms with Crippen molar-refractivity contribution >= 4 is 39.8 Å². The molecule has 0 fully saturated rings. The summed E-state index contributed by atoms with van der Waals surface area (Å²) in [5.41, 5.74) is 2.94. The zero-order valence-electron chi connectivity index (χ0n) is 17.3. The Bertz CT molecular complexity index is 1350. The Balaban J connectivity index is 1.85. The Kier molecular flexibility index (Phi) is 5.75. The zero-order valence-corrected chi connectivity index (χ0v) is 18.0. The van der Waals surface area contributed by atoms with Gasteiger partial charge in [0.2, 0.25) is 0 Å². The Morgan fingerprint density at radius 3 is 2.50 bits per heavy atom. The van der Waals surface area contributed by atoms with E-state index in [-0.39, 0.29) is 11.4 Å². The molecule has 0 aliphatic carbocycles. The number of benzene rings is 3. The van der Waals surface area contributed by atoms with Crippen molar-refractivity contribution in [2.45, 2.75) is 6.92 Å². The number of fused-ring (bicyclic) bond motifs is 1. The highest BCUT2D eigenvalue weighted by Crippen LogP contribution is 2.33. The molecule has 1 aromatic heterocycles. The van der Waals surface area contributed by atoms with Crippen LogP contribution in [-0.2, 0) is 0 Å². The summed E-state index contributed by atoms with van der Waals surface area (Å²) in [7, 11) is 1.42. The minimum Gasteiger partial charge on any atom is -0.496 e. The van der Waals surface area contributed by atoms with Crippen molar-refractivity contribution in [1.29, 1.82) is 0 Å². The SMILES string of the molecule is COc1ccc(NC(=O)c2c(C)c(-c3ccc(Cl)cc3)nc3ccccc23)c([N+](=O)[O-])c1. The highest BCUT2D eigenvalue weighted by molar-refractivity contribution is 6.30. The van der Waals surface area contributed by atoms with Gasteiger partial charge in [-0.1, -0.05) is 41.9 Å². The van der Waals surface area contributed by atoms with E-state index in [2.05, 4.69) is 5.32 Å². The molecule has 1 heterocycles. The Hall–Kier alpha value is -3.97. The molecule has 1 amide bonds. The van der Waals surface area contributed by atoms with Gasteiger partial charge >= 0.3 is 0 Å². The van der Waals surface area contributed by atoms with E-state index in [4.69, 9.17) is 21.3 Å². The fourth-order valence-corrected chi connectivity index (χ4v) is 3.69. The molecule has 0 aliphatic rings. The summed E-state index contributed by atoms with van der Waals surface area (Å²) >= 11 is 6.02. The van der Waals surface area contributed by atoms with E-state index >= 15 is 0 Å². The van der Waals surface area contributed by atoms with Crippen LogP contribution in [0.2, 0.25) is 5.02 Å². The lowest BCUT2D eigenvalue weighted by atomic mass is 9.97. The van der Waals surface area contributed by atoms with Crippen LogP contribution in [0.3, 0.4) is 0 Å². The van der Waals surface area contributed by atoms with Gasteiger partial charge in [-0.15, -0.1) is 0 Å². The van der Waals surface area contributed by atoms with E-state index in [9.17, 15) is 14.9 Å². The molecule has 7 nitrogen and oxygen atoms in total. The number of pyridine rings is 1. The Morgan fingerprint density at radius 1 is 1.09 bits per heavy atom. The third-order valence-corrected chi connectivity index (χ3v) is 5.38. The number of carbonyl (C=O) groups excluding carboxylic acids is 1. The predicted octanol–water partition coefficient (Wildman–Crippen LogP) is 6.03. The first kappa shape index (κ1) is 21.3. The number of nitrogens with one attached hydrogen (secondary N) is 1. The number of ether oxygens (including phenoxy) is 1. The largest absolute Gasteiger partial charge is 0.496 e. The van der Waals surface area contributed by atoms with Crippen molar-refractivity contribution in [2.75, 3.05) is 12.4 Å². The Labute approximate surface area is 188 Å². The highest BCUT2D eigenvalue weighted by Gasteiger charge is 2.22. The molecule has 3 aromatic carbocycles. The zero-order chi connectivity index (χ0) is 22.8. The molecule has 0 spiro atoms. The van der Waals surface area contributed by atoms with Crippen LogP contribution >= 0.6 is 11.6 Å². The van der Waals surface area contributed by atoms with Gasteiger partial charge in [0.1, 0.15) is 11.4 Å². The number of para-hydroxylation sites is 1. The first-order valence-electron chi connectivity index (χ1n) is 9.68. The van der Waals surface area contributed by atoms with E-state index in [1.54, 1.807) is 31.2 Å². The molecule has 4 rings (SSSR count). The summed E-state index contributed by atoms with van der Waals surface area (Å²) in [5.74, 6) is -0.144. The third kappa shape index (κ3) is 3.98. The van der Waals surface area contributed by atoms with Crippen molar-refractivity contribution in [3.63, 3.8) is 0 Å². The molecule has 0 atom stereocenters. The lowest BCUT2D eigenvalue weighted by Gasteiger charge is -2.15. The monoisotopic (exact) mass is 447 g/mol. The molecule has 8 heteroatoms. The molecule has 1 N–H and O–H groups in total. The Morgan fingerprint density at radius 2 is 1.81 bits per heavy atom. The fraction of sp³-hybridized carbons (Fsp3) is 0.0833. The fourth-order valence-electron chi connectivity index (χ4n) is 3.57. The van der Waals surface area contributed by atoms with Crippen LogP contribution in [0.4, 0.5) is 11.4 Å². The number of carbonyl (C=O) groups is 1. The lowest BCUT2D eigenvalue weighted by molar-refractivity contribution is -0.384. The summed E-state index contributed by atoms with van der Waals surface area (Å²) in [5, 5.41) is 15.5. The van der Waals surface area contributed by atoms with Crippen molar-refractivity contribution in [3.8, 4) is 17.0 Å². The quantitative estimate of drug-likeness (QED) is 0.297. The van der Waals surface area contributed by atoms with Crippen LogP contribution in [0.25, 0.3) is 22.2 Å². The smallest absolute Gasteiger partial charge is 0.296 e. The average Bonchev–Trinajstić information content (AvgIpc) is 2.79. The summed E-state index contributed by atoms with van der Waals surface area (Å²) < 4.78 is 5.06. The summed E-state index contributed by atoms with van der Waals surface area (Å²) in [6.45, 7) is 1.81. The first-order chi connectivity index (χ1) is 15.4. The van der Waals surface area contributed by atoms with Gasteiger partial charge < -0.3 is 10.1 Å². The van der Waals surface area contributed by atoms with Crippen LogP contribution in [0, 0.1) is 17.0 Å². The van der Waals surface area contributed by atoms with Crippen LogP contribution in [0.1, 0.15) is 15.9 Å². The van der Waals surface area contributed by atoms with Gasteiger partial charge in [-0.05, 0) is 42.8 Å². The van der Waals surface area contributed by atoms with Gasteiger partial charge in [0.05, 0.1) is 34.9 Å². The summed E-state index contributed by atoms with van der Waals surface area (Å²) in [6.07, 6.45) is 0. The molecular formula is C24H18ClN3O4. The van der Waals surface area contributed by atoms with Crippen molar-refractivity contribution in [1.82, 2.24) is 4.98 Å². The van der Waals surface area contributed by atoms with E-state index in [0.29, 0.717) is 38.5 Å². The number of halogens is 1. The molecule has 0 bridgehead atoms. The second-order valence-electron chi connectivity index (χ2n) is 7.08. The summed E-state index contributed by atoms with van der Waals surface area (Å²) in [4.78, 5) is 29.1. The number of aromatic nitrogens is 1. The average molecular weight is 448 g/mol. The highest BCUT2D eigenvalue weighted by atomic mass is 35.5. The van der Waals surface area contributed by atoms with Crippen molar-refractivity contribution in [3.05, 3.63) is 93.0 Å². The van der Waals surface area contributed by atoms with E-state index in [1.807, 2.05) is 30.3 Å².